The summed E-state index contributed by atoms with van der Waals surface area (Å²) >= 11 is 0. The molecule has 3 saturated heterocycles. The Morgan fingerprint density at radius 3 is 2.46 bits per heavy atom. The van der Waals surface area contributed by atoms with Crippen molar-refractivity contribution in [2.75, 3.05) is 74.6 Å². The highest BCUT2D eigenvalue weighted by Gasteiger charge is 2.36. The Morgan fingerprint density at radius 1 is 1.03 bits per heavy atom. The number of morpholine rings is 1. The van der Waals surface area contributed by atoms with Crippen molar-refractivity contribution in [3.05, 3.63) is 35.9 Å². The Morgan fingerprint density at radius 2 is 1.77 bits per heavy atom. The lowest BCUT2D eigenvalue weighted by Crippen LogP contribution is -2.37. The van der Waals surface area contributed by atoms with Crippen LogP contribution in [0.25, 0.3) is 11.1 Å². The molecule has 2 aromatic rings. The van der Waals surface area contributed by atoms with Gasteiger partial charge in [-0.25, -0.2) is 9.78 Å². The Labute approximate surface area is 227 Å². The van der Waals surface area contributed by atoms with Crippen LogP contribution in [-0.2, 0) is 4.74 Å². The summed E-state index contributed by atoms with van der Waals surface area (Å²) in [5.74, 6) is 1.28. The number of rotatable bonds is 6. The van der Waals surface area contributed by atoms with Crippen molar-refractivity contribution < 1.29 is 22.7 Å². The van der Waals surface area contributed by atoms with Crippen LogP contribution in [-0.4, -0.2) is 87.7 Å². The number of likely N-dealkylation sites (N-methyl/N-ethyl adjacent to an activating group) is 1. The molecule has 0 unspecified atom stereocenters. The van der Waals surface area contributed by atoms with E-state index in [2.05, 4.69) is 32.6 Å². The molecule has 3 aliphatic rings. The van der Waals surface area contributed by atoms with E-state index in [4.69, 9.17) is 9.72 Å². The number of ether oxygens (including phenoxy) is 1. The fraction of sp³-hybridized carbons (Fsp3) is 0.571. The van der Waals surface area contributed by atoms with Crippen molar-refractivity contribution in [2.45, 2.75) is 38.4 Å². The molecule has 2 amide bonds. The van der Waals surface area contributed by atoms with Gasteiger partial charge in [-0.3, -0.25) is 0 Å². The smallest absolute Gasteiger partial charge is 0.378 e. The van der Waals surface area contributed by atoms with E-state index in [-0.39, 0.29) is 12.6 Å². The van der Waals surface area contributed by atoms with Gasteiger partial charge in [-0.05, 0) is 73.7 Å². The van der Waals surface area contributed by atoms with Gasteiger partial charge in [-0.2, -0.15) is 13.2 Å². The molecule has 5 rings (SSSR count). The normalized spacial score (nSPS) is 22.0. The van der Waals surface area contributed by atoms with E-state index in [9.17, 15) is 18.0 Å². The molecule has 3 fully saturated rings. The van der Waals surface area contributed by atoms with Gasteiger partial charge in [0.15, 0.2) is 0 Å². The summed E-state index contributed by atoms with van der Waals surface area (Å²) in [6.07, 6.45) is -3.65. The van der Waals surface area contributed by atoms with Crippen LogP contribution < -0.4 is 20.4 Å². The van der Waals surface area contributed by atoms with Crippen LogP contribution in [0.3, 0.4) is 0 Å². The summed E-state index contributed by atoms with van der Waals surface area (Å²) in [6, 6.07) is 10.00. The van der Waals surface area contributed by atoms with Crippen LogP contribution in [0.5, 0.6) is 0 Å². The van der Waals surface area contributed by atoms with Crippen LogP contribution in [0.1, 0.15) is 24.8 Å². The molecule has 0 aliphatic carbocycles. The number of carbonyl (C=O) groups is 1. The fourth-order valence-electron chi connectivity index (χ4n) is 5.70. The quantitative estimate of drug-likeness (QED) is 0.556. The van der Waals surface area contributed by atoms with Crippen LogP contribution in [0.15, 0.2) is 30.3 Å². The lowest BCUT2D eigenvalue weighted by molar-refractivity contribution is -0.143. The largest absolute Gasteiger partial charge is 0.389 e. The van der Waals surface area contributed by atoms with Crippen LogP contribution in [0.4, 0.5) is 35.3 Å². The third-order valence-electron chi connectivity index (χ3n) is 7.95. The number of carbonyl (C=O) groups excluding carboxylic acids is 1. The monoisotopic (exact) mass is 546 g/mol. The number of nitrogens with zero attached hydrogens (tertiary/aromatic N) is 4. The number of aryl methyl sites for hydroxylation is 1. The first-order chi connectivity index (χ1) is 18.7. The summed E-state index contributed by atoms with van der Waals surface area (Å²) in [5, 5.41) is 6.27. The lowest BCUT2D eigenvalue weighted by atomic mass is 10.00. The first kappa shape index (κ1) is 27.5. The first-order valence-corrected chi connectivity index (χ1v) is 13.7. The Bertz CT molecular complexity index is 1170. The minimum atomic E-state index is -4.21. The highest BCUT2D eigenvalue weighted by atomic mass is 19.4. The maximum absolute atomic E-state index is 12.9. The van der Waals surface area contributed by atoms with E-state index < -0.39 is 18.5 Å². The second-order valence-electron chi connectivity index (χ2n) is 10.8. The van der Waals surface area contributed by atoms with Crippen LogP contribution in [0.2, 0.25) is 0 Å². The average Bonchev–Trinajstić information content (AvgIpc) is 3.59. The van der Waals surface area contributed by atoms with Crippen molar-refractivity contribution in [1.29, 1.82) is 0 Å². The molecule has 2 N–H and O–H groups in total. The van der Waals surface area contributed by atoms with Crippen LogP contribution >= 0.6 is 0 Å². The molecular weight excluding hydrogens is 509 g/mol. The predicted molar refractivity (Wildman–Crippen MR) is 146 cm³/mol. The molecule has 39 heavy (non-hydrogen) atoms. The zero-order valence-electron chi connectivity index (χ0n) is 22.6. The number of halogens is 3. The van der Waals surface area contributed by atoms with Crippen molar-refractivity contribution in [2.24, 2.45) is 5.92 Å². The number of hydrogen-bond acceptors (Lipinski definition) is 6. The standard InChI is InChI=1S/C28H37F3N6O2/c1-19-3-4-22(33-27(38)37-7-5-20(17-37)16-28(29,30)31)15-24(19)21-13-25(35-9-11-39-12-10-35)34-26(14-21)36-8-6-23(18-36)32-2/h3-4,13-15,20,23,32H,5-12,16-18H2,1-2H3,(H,33,38)/t20-,23-/m0/s1. The molecule has 0 radical (unpaired) electrons. The predicted octanol–water partition coefficient (Wildman–Crippen LogP) is 4.50. The molecule has 1 aromatic heterocycles. The zero-order valence-corrected chi connectivity index (χ0v) is 22.6. The van der Waals surface area contributed by atoms with Crippen molar-refractivity contribution in [1.82, 2.24) is 15.2 Å². The van der Waals surface area contributed by atoms with Crippen molar-refractivity contribution in [3.63, 3.8) is 0 Å². The molecule has 0 bridgehead atoms. The minimum Gasteiger partial charge on any atom is -0.378 e. The number of amides is 2. The van der Waals surface area contributed by atoms with E-state index in [1.807, 2.05) is 32.2 Å². The Kier molecular flexibility index (Phi) is 8.18. The summed E-state index contributed by atoms with van der Waals surface area (Å²) in [4.78, 5) is 24.0. The molecule has 3 aliphatic heterocycles. The van der Waals surface area contributed by atoms with E-state index in [1.165, 1.54) is 4.90 Å². The minimum absolute atomic E-state index is 0.115. The number of pyridine rings is 1. The van der Waals surface area contributed by atoms with Gasteiger partial charge in [0.2, 0.25) is 0 Å². The Balaban J connectivity index is 1.38. The number of benzene rings is 1. The summed E-state index contributed by atoms with van der Waals surface area (Å²) < 4.78 is 43.9. The number of anilines is 3. The SMILES string of the molecule is CN[C@H]1CCN(c2cc(-c3cc(NC(=O)N4CC[C@@H](CC(F)(F)F)C4)ccc3C)cc(N3CCOCC3)n2)C1. The van der Waals surface area contributed by atoms with Gasteiger partial charge in [0, 0.05) is 57.4 Å². The van der Waals surface area contributed by atoms with Gasteiger partial charge in [0.1, 0.15) is 11.6 Å². The molecule has 2 atom stereocenters. The van der Waals surface area contributed by atoms with Crippen molar-refractivity contribution >= 4 is 23.4 Å². The van der Waals surface area contributed by atoms with Gasteiger partial charge in [-0.15, -0.1) is 0 Å². The highest BCUT2D eigenvalue weighted by Crippen LogP contribution is 2.34. The lowest BCUT2D eigenvalue weighted by Gasteiger charge is -2.29. The molecule has 4 heterocycles. The van der Waals surface area contributed by atoms with Gasteiger partial charge in [-0.1, -0.05) is 6.07 Å². The summed E-state index contributed by atoms with van der Waals surface area (Å²) in [7, 11) is 1.99. The third-order valence-corrected chi connectivity index (χ3v) is 7.95. The first-order valence-electron chi connectivity index (χ1n) is 13.7. The third kappa shape index (κ3) is 6.75. The molecule has 11 heteroatoms. The number of urea groups is 1. The maximum Gasteiger partial charge on any atom is 0.389 e. The van der Waals surface area contributed by atoms with E-state index in [0.717, 1.165) is 60.9 Å². The van der Waals surface area contributed by atoms with Crippen molar-refractivity contribution in [3.8, 4) is 11.1 Å². The highest BCUT2D eigenvalue weighted by molar-refractivity contribution is 5.91. The number of likely N-dealkylation sites (tertiary alicyclic amines) is 1. The zero-order chi connectivity index (χ0) is 27.6. The number of alkyl halides is 3. The fourth-order valence-corrected chi connectivity index (χ4v) is 5.70. The van der Waals surface area contributed by atoms with E-state index in [0.29, 0.717) is 37.9 Å². The topological polar surface area (TPSA) is 73.0 Å². The number of aromatic nitrogens is 1. The van der Waals surface area contributed by atoms with Crippen LogP contribution in [0, 0.1) is 12.8 Å². The maximum atomic E-state index is 12.9. The summed E-state index contributed by atoms with van der Waals surface area (Å²) in [5.41, 5.74) is 3.66. The Hall–Kier alpha value is -3.05. The van der Waals surface area contributed by atoms with Gasteiger partial charge >= 0.3 is 12.2 Å². The van der Waals surface area contributed by atoms with Gasteiger partial charge in [0.25, 0.3) is 0 Å². The number of nitrogens with one attached hydrogen (secondary N) is 2. The number of hydrogen-bond donors (Lipinski definition) is 2. The molecule has 212 valence electrons. The molecular formula is C28H37F3N6O2. The van der Waals surface area contributed by atoms with E-state index in [1.54, 1.807) is 0 Å². The molecule has 1 aromatic carbocycles. The molecule has 0 spiro atoms. The molecule has 0 saturated carbocycles. The molecule has 8 nitrogen and oxygen atoms in total. The second-order valence-corrected chi connectivity index (χ2v) is 10.8. The van der Waals surface area contributed by atoms with Gasteiger partial charge in [0.05, 0.1) is 13.2 Å². The second kappa shape index (κ2) is 11.6. The average molecular weight is 547 g/mol. The van der Waals surface area contributed by atoms with Gasteiger partial charge < -0.3 is 30.1 Å². The van der Waals surface area contributed by atoms with E-state index >= 15 is 0 Å². The summed E-state index contributed by atoms with van der Waals surface area (Å²) in [6.45, 7) is 7.15.